The number of carbonyl (C=O) groups is 1. The van der Waals surface area contributed by atoms with E-state index in [1.54, 1.807) is 4.68 Å². The van der Waals surface area contributed by atoms with E-state index < -0.39 is 0 Å². The number of halogens is 1. The maximum absolute atomic E-state index is 11.8. The lowest BCUT2D eigenvalue weighted by Crippen LogP contribution is -2.18. The topological polar surface area (TPSA) is 59.8 Å². The fourth-order valence-corrected chi connectivity index (χ4v) is 2.86. The van der Waals surface area contributed by atoms with Gasteiger partial charge in [-0.15, -0.1) is 5.10 Å². The standard InChI is InChI=1S/C13H15BrN4OS/c1-8(2)11(19)15-9-6-4-5-7-10(9)20-13-16-12(14)17-18(13)3/h4-8H,1-3H3,(H,15,19). The lowest BCUT2D eigenvalue weighted by molar-refractivity contribution is -0.118. The van der Waals surface area contributed by atoms with Crippen LogP contribution in [0.25, 0.3) is 0 Å². The Morgan fingerprint density at radius 1 is 1.40 bits per heavy atom. The van der Waals surface area contributed by atoms with E-state index in [4.69, 9.17) is 0 Å². The number of amides is 1. The van der Waals surface area contributed by atoms with E-state index in [-0.39, 0.29) is 11.8 Å². The highest BCUT2D eigenvalue weighted by molar-refractivity contribution is 9.10. The van der Waals surface area contributed by atoms with Crippen LogP contribution in [0.2, 0.25) is 0 Å². The lowest BCUT2D eigenvalue weighted by Gasteiger charge is -2.11. The highest BCUT2D eigenvalue weighted by atomic mass is 79.9. The quantitative estimate of drug-likeness (QED) is 0.914. The molecule has 0 fully saturated rings. The summed E-state index contributed by atoms with van der Waals surface area (Å²) in [5.41, 5.74) is 0.787. The van der Waals surface area contributed by atoms with Crippen molar-refractivity contribution in [3.63, 3.8) is 0 Å². The Balaban J connectivity index is 2.24. The summed E-state index contributed by atoms with van der Waals surface area (Å²) in [6.07, 6.45) is 0. The summed E-state index contributed by atoms with van der Waals surface area (Å²) in [5.74, 6) is -0.0609. The highest BCUT2D eigenvalue weighted by Crippen LogP contribution is 2.32. The zero-order valence-corrected chi connectivity index (χ0v) is 13.8. The molecular formula is C13H15BrN4OS. The second kappa shape index (κ2) is 6.41. The number of hydrogen-bond donors (Lipinski definition) is 1. The second-order valence-corrected chi connectivity index (χ2v) is 6.25. The largest absolute Gasteiger partial charge is 0.325 e. The second-order valence-electron chi connectivity index (χ2n) is 4.53. The first-order valence-corrected chi connectivity index (χ1v) is 7.72. The van der Waals surface area contributed by atoms with E-state index in [9.17, 15) is 4.79 Å². The molecule has 2 rings (SSSR count). The molecule has 20 heavy (non-hydrogen) atoms. The maximum Gasteiger partial charge on any atom is 0.226 e. The SMILES string of the molecule is CC(C)C(=O)Nc1ccccc1Sc1nc(Br)nn1C. The van der Waals surface area contributed by atoms with Gasteiger partial charge in [0.25, 0.3) is 0 Å². The van der Waals surface area contributed by atoms with Crippen LogP contribution in [0.1, 0.15) is 13.8 Å². The molecule has 1 aromatic heterocycles. The van der Waals surface area contributed by atoms with Gasteiger partial charge in [0.1, 0.15) is 0 Å². The molecular weight excluding hydrogens is 340 g/mol. The number of aromatic nitrogens is 3. The minimum absolute atomic E-state index is 0.00260. The average molecular weight is 355 g/mol. The maximum atomic E-state index is 11.8. The molecule has 0 saturated heterocycles. The summed E-state index contributed by atoms with van der Waals surface area (Å²) in [5, 5.41) is 7.82. The van der Waals surface area contributed by atoms with Crippen LogP contribution in [0.5, 0.6) is 0 Å². The van der Waals surface area contributed by atoms with Gasteiger partial charge >= 0.3 is 0 Å². The molecule has 0 spiro atoms. The predicted molar refractivity (Wildman–Crippen MR) is 82.7 cm³/mol. The number of benzene rings is 1. The zero-order valence-electron chi connectivity index (χ0n) is 11.4. The van der Waals surface area contributed by atoms with E-state index >= 15 is 0 Å². The first-order chi connectivity index (χ1) is 9.47. The molecule has 2 aromatic rings. The molecule has 106 valence electrons. The van der Waals surface area contributed by atoms with Crippen LogP contribution in [-0.2, 0) is 11.8 Å². The molecule has 1 heterocycles. The fourth-order valence-electron chi connectivity index (χ4n) is 1.46. The Morgan fingerprint density at radius 2 is 2.10 bits per heavy atom. The van der Waals surface area contributed by atoms with Gasteiger partial charge in [-0.25, -0.2) is 4.68 Å². The third-order valence-electron chi connectivity index (χ3n) is 2.57. The van der Waals surface area contributed by atoms with E-state index in [2.05, 4.69) is 31.3 Å². The summed E-state index contributed by atoms with van der Waals surface area (Å²) in [6, 6.07) is 7.66. The normalized spacial score (nSPS) is 10.8. The van der Waals surface area contributed by atoms with Gasteiger partial charge in [0.2, 0.25) is 10.6 Å². The van der Waals surface area contributed by atoms with Crippen LogP contribution >= 0.6 is 27.7 Å². The van der Waals surface area contributed by atoms with Crippen molar-refractivity contribution in [1.82, 2.24) is 14.8 Å². The molecule has 0 unspecified atom stereocenters. The number of aryl methyl sites for hydroxylation is 1. The van der Waals surface area contributed by atoms with Crippen molar-refractivity contribution in [2.45, 2.75) is 23.9 Å². The van der Waals surface area contributed by atoms with Crippen molar-refractivity contribution >= 4 is 39.3 Å². The summed E-state index contributed by atoms with van der Waals surface area (Å²) >= 11 is 4.71. The molecule has 0 aliphatic rings. The van der Waals surface area contributed by atoms with Crippen LogP contribution in [0.3, 0.4) is 0 Å². The van der Waals surface area contributed by atoms with Gasteiger partial charge in [-0.3, -0.25) is 4.79 Å². The number of hydrogen-bond acceptors (Lipinski definition) is 4. The van der Waals surface area contributed by atoms with Crippen LogP contribution in [0.4, 0.5) is 5.69 Å². The summed E-state index contributed by atoms with van der Waals surface area (Å²) in [4.78, 5) is 17.0. The minimum Gasteiger partial charge on any atom is -0.325 e. The molecule has 7 heteroatoms. The Hall–Kier alpha value is -1.34. The summed E-state index contributed by atoms with van der Waals surface area (Å²) in [7, 11) is 1.83. The molecule has 0 aliphatic heterocycles. The van der Waals surface area contributed by atoms with Crippen molar-refractivity contribution in [3.05, 3.63) is 29.0 Å². The molecule has 0 aliphatic carbocycles. The Bertz CT molecular complexity index is 627. The molecule has 1 amide bonds. The number of carbonyl (C=O) groups excluding carboxylic acids is 1. The van der Waals surface area contributed by atoms with Crippen LogP contribution in [-0.4, -0.2) is 20.7 Å². The lowest BCUT2D eigenvalue weighted by atomic mass is 10.2. The number of rotatable bonds is 4. The number of nitrogens with one attached hydrogen (secondary N) is 1. The molecule has 1 aromatic carbocycles. The van der Waals surface area contributed by atoms with Gasteiger partial charge in [0, 0.05) is 17.9 Å². The van der Waals surface area contributed by atoms with E-state index in [0.717, 1.165) is 15.7 Å². The van der Waals surface area contributed by atoms with Crippen molar-refractivity contribution in [3.8, 4) is 0 Å². The molecule has 0 atom stereocenters. The third kappa shape index (κ3) is 3.61. The van der Waals surface area contributed by atoms with Crippen molar-refractivity contribution in [2.24, 2.45) is 13.0 Å². The van der Waals surface area contributed by atoms with Gasteiger partial charge in [0.05, 0.1) is 5.69 Å². The molecule has 0 radical (unpaired) electrons. The molecule has 5 nitrogen and oxygen atoms in total. The van der Waals surface area contributed by atoms with Crippen molar-refractivity contribution in [1.29, 1.82) is 0 Å². The molecule has 1 N–H and O–H groups in total. The van der Waals surface area contributed by atoms with E-state index in [1.165, 1.54) is 11.8 Å². The first-order valence-electron chi connectivity index (χ1n) is 6.11. The van der Waals surface area contributed by atoms with E-state index in [0.29, 0.717) is 4.73 Å². The third-order valence-corrected chi connectivity index (χ3v) is 4.02. The summed E-state index contributed by atoms with van der Waals surface area (Å²) < 4.78 is 2.24. The van der Waals surface area contributed by atoms with E-state index in [1.807, 2.05) is 45.2 Å². The molecule has 0 bridgehead atoms. The van der Waals surface area contributed by atoms with Gasteiger partial charge < -0.3 is 5.32 Å². The smallest absolute Gasteiger partial charge is 0.226 e. The minimum atomic E-state index is -0.0583. The summed E-state index contributed by atoms with van der Waals surface area (Å²) in [6.45, 7) is 3.73. The van der Waals surface area contributed by atoms with Gasteiger partial charge in [0.15, 0.2) is 5.16 Å². The van der Waals surface area contributed by atoms with Gasteiger partial charge in [-0.05, 0) is 39.8 Å². The highest BCUT2D eigenvalue weighted by Gasteiger charge is 2.13. The van der Waals surface area contributed by atoms with Crippen LogP contribution < -0.4 is 5.32 Å². The van der Waals surface area contributed by atoms with Crippen LogP contribution in [0.15, 0.2) is 39.1 Å². The van der Waals surface area contributed by atoms with Gasteiger partial charge in [-0.1, -0.05) is 26.0 Å². The number of para-hydroxylation sites is 1. The van der Waals surface area contributed by atoms with Crippen molar-refractivity contribution < 1.29 is 4.79 Å². The average Bonchev–Trinajstić information content (AvgIpc) is 2.70. The Kier molecular flexibility index (Phi) is 4.82. The number of nitrogens with zero attached hydrogens (tertiary/aromatic N) is 3. The van der Waals surface area contributed by atoms with Gasteiger partial charge in [-0.2, -0.15) is 4.98 Å². The monoisotopic (exact) mass is 354 g/mol. The Labute approximate surface area is 130 Å². The zero-order chi connectivity index (χ0) is 14.7. The Morgan fingerprint density at radius 3 is 2.70 bits per heavy atom. The first kappa shape index (κ1) is 15.1. The molecule has 0 saturated carbocycles. The predicted octanol–water partition coefficient (Wildman–Crippen LogP) is 3.32. The fraction of sp³-hybridized carbons (Fsp3) is 0.308. The number of anilines is 1. The van der Waals surface area contributed by atoms with Crippen molar-refractivity contribution in [2.75, 3.05) is 5.32 Å². The van der Waals surface area contributed by atoms with Crippen LogP contribution in [0, 0.1) is 5.92 Å².